The van der Waals surface area contributed by atoms with Crippen LogP contribution in [-0.2, 0) is 16.1 Å². The van der Waals surface area contributed by atoms with E-state index in [1.54, 1.807) is 7.11 Å². The molecule has 0 fully saturated rings. The highest BCUT2D eigenvalue weighted by molar-refractivity contribution is 5.76. The third kappa shape index (κ3) is 7.14. The van der Waals surface area contributed by atoms with Crippen molar-refractivity contribution >= 4 is 11.6 Å². The highest BCUT2D eigenvalue weighted by atomic mass is 16.5. The number of hydrogen-bond acceptors (Lipinski definition) is 3. The van der Waals surface area contributed by atoms with Crippen LogP contribution in [0.1, 0.15) is 39.2 Å². The van der Waals surface area contributed by atoms with Gasteiger partial charge in [-0.1, -0.05) is 32.9 Å². The van der Waals surface area contributed by atoms with E-state index in [0.717, 1.165) is 17.7 Å². The number of nitrogens with two attached hydrogens (primary N) is 1. The Balaban J connectivity index is 2.71. The summed E-state index contributed by atoms with van der Waals surface area (Å²) in [7, 11) is 1.68. The van der Waals surface area contributed by atoms with Gasteiger partial charge in [-0.25, -0.2) is 0 Å². The van der Waals surface area contributed by atoms with Gasteiger partial charge < -0.3 is 15.4 Å². The van der Waals surface area contributed by atoms with Gasteiger partial charge in [-0.2, -0.15) is 0 Å². The van der Waals surface area contributed by atoms with Crippen LogP contribution in [0, 0.1) is 5.41 Å². The molecule has 0 saturated carbocycles. The molecule has 0 spiro atoms. The minimum atomic E-state index is -0.00228. The van der Waals surface area contributed by atoms with Gasteiger partial charge in [-0.05, 0) is 29.5 Å². The summed E-state index contributed by atoms with van der Waals surface area (Å²) in [5.41, 5.74) is 7.54. The Bertz CT molecular complexity index is 435. The number of ether oxygens (including phenoxy) is 1. The summed E-state index contributed by atoms with van der Waals surface area (Å²) >= 11 is 0. The molecule has 118 valence electrons. The average molecular weight is 292 g/mol. The molecule has 0 radical (unpaired) electrons. The number of nitrogens with zero attached hydrogens (tertiary/aromatic N) is 1. The predicted octanol–water partition coefficient (Wildman–Crippen LogP) is 3.07. The fraction of sp³-hybridized carbons (Fsp3) is 0.588. The summed E-state index contributed by atoms with van der Waals surface area (Å²) in [5, 5.41) is 0. The molecule has 0 saturated heterocycles. The standard InChI is InChI=1S/C17H28N2O2/c1-17(2,3)12-16(20)19(10-5-11-21-4)13-14-6-8-15(18)9-7-14/h6-9H,5,10-13,18H2,1-4H3. The quantitative estimate of drug-likeness (QED) is 0.620. The maximum atomic E-state index is 12.5. The summed E-state index contributed by atoms with van der Waals surface area (Å²) in [4.78, 5) is 14.4. The van der Waals surface area contributed by atoms with Crippen LogP contribution in [0.2, 0.25) is 0 Å². The fourth-order valence-corrected chi connectivity index (χ4v) is 2.10. The molecule has 4 nitrogen and oxygen atoms in total. The van der Waals surface area contributed by atoms with Gasteiger partial charge in [0.15, 0.2) is 0 Å². The average Bonchev–Trinajstić information content (AvgIpc) is 2.38. The smallest absolute Gasteiger partial charge is 0.223 e. The van der Waals surface area contributed by atoms with Gasteiger partial charge in [0.2, 0.25) is 5.91 Å². The molecule has 0 aromatic heterocycles. The van der Waals surface area contributed by atoms with Crippen LogP contribution in [-0.4, -0.2) is 31.1 Å². The summed E-state index contributed by atoms with van der Waals surface area (Å²) in [6.07, 6.45) is 1.40. The van der Waals surface area contributed by atoms with E-state index < -0.39 is 0 Å². The molecule has 0 aliphatic rings. The summed E-state index contributed by atoms with van der Waals surface area (Å²) < 4.78 is 5.08. The van der Waals surface area contributed by atoms with Crippen molar-refractivity contribution in [3.8, 4) is 0 Å². The van der Waals surface area contributed by atoms with Gasteiger partial charge in [0.1, 0.15) is 0 Å². The molecule has 0 aliphatic carbocycles. The van der Waals surface area contributed by atoms with Crippen LogP contribution >= 0.6 is 0 Å². The molecule has 0 bridgehead atoms. The number of rotatable bonds is 7. The molecule has 0 heterocycles. The van der Waals surface area contributed by atoms with Gasteiger partial charge in [-0.15, -0.1) is 0 Å². The maximum Gasteiger partial charge on any atom is 0.223 e. The van der Waals surface area contributed by atoms with Gasteiger partial charge >= 0.3 is 0 Å². The van der Waals surface area contributed by atoms with Gasteiger partial charge in [0, 0.05) is 38.9 Å². The number of amides is 1. The van der Waals surface area contributed by atoms with E-state index in [9.17, 15) is 4.79 Å². The number of nitrogen functional groups attached to an aromatic ring is 1. The van der Waals surface area contributed by atoms with Gasteiger partial charge in [0.05, 0.1) is 0 Å². The van der Waals surface area contributed by atoms with Crippen molar-refractivity contribution in [2.75, 3.05) is 26.0 Å². The van der Waals surface area contributed by atoms with Crippen molar-refractivity contribution in [3.63, 3.8) is 0 Å². The summed E-state index contributed by atoms with van der Waals surface area (Å²) in [6, 6.07) is 7.69. The van der Waals surface area contributed by atoms with Crippen LogP contribution in [0.3, 0.4) is 0 Å². The second-order valence-corrected chi connectivity index (χ2v) is 6.64. The van der Waals surface area contributed by atoms with Crippen LogP contribution in [0.15, 0.2) is 24.3 Å². The molecular weight excluding hydrogens is 264 g/mol. The number of carbonyl (C=O) groups is 1. The van der Waals surface area contributed by atoms with Gasteiger partial charge in [0.25, 0.3) is 0 Å². The van der Waals surface area contributed by atoms with Crippen molar-refractivity contribution in [1.29, 1.82) is 0 Å². The third-order valence-corrected chi connectivity index (χ3v) is 3.16. The minimum absolute atomic E-state index is 0.00228. The minimum Gasteiger partial charge on any atom is -0.399 e. The number of carbonyl (C=O) groups excluding carboxylic acids is 1. The van der Waals surface area contributed by atoms with E-state index in [4.69, 9.17) is 10.5 Å². The summed E-state index contributed by atoms with van der Waals surface area (Å²) in [5.74, 6) is 0.190. The third-order valence-electron chi connectivity index (χ3n) is 3.16. The number of hydrogen-bond donors (Lipinski definition) is 1. The molecule has 1 amide bonds. The Morgan fingerprint density at radius 2 is 1.86 bits per heavy atom. The topological polar surface area (TPSA) is 55.6 Å². The first-order valence-electron chi connectivity index (χ1n) is 7.43. The van der Waals surface area contributed by atoms with Crippen molar-refractivity contribution in [1.82, 2.24) is 4.90 Å². The molecule has 0 aliphatic heterocycles. The van der Waals surface area contributed by atoms with Crippen molar-refractivity contribution in [3.05, 3.63) is 29.8 Å². The summed E-state index contributed by atoms with van der Waals surface area (Å²) in [6.45, 7) is 8.26. The van der Waals surface area contributed by atoms with Crippen LogP contribution < -0.4 is 5.73 Å². The normalized spacial score (nSPS) is 11.4. The Hall–Kier alpha value is -1.55. The SMILES string of the molecule is COCCCN(Cc1ccc(N)cc1)C(=O)CC(C)(C)C. The van der Waals surface area contributed by atoms with E-state index in [2.05, 4.69) is 20.8 Å². The highest BCUT2D eigenvalue weighted by Gasteiger charge is 2.21. The number of anilines is 1. The van der Waals surface area contributed by atoms with Crippen molar-refractivity contribution in [2.24, 2.45) is 5.41 Å². The highest BCUT2D eigenvalue weighted by Crippen LogP contribution is 2.21. The molecule has 2 N–H and O–H groups in total. The monoisotopic (exact) mass is 292 g/mol. The molecule has 1 rings (SSSR count). The Labute approximate surface area is 128 Å². The molecule has 0 atom stereocenters. The van der Waals surface area contributed by atoms with Crippen LogP contribution in [0.4, 0.5) is 5.69 Å². The lowest BCUT2D eigenvalue weighted by molar-refractivity contribution is -0.133. The molecule has 21 heavy (non-hydrogen) atoms. The molecule has 1 aromatic rings. The lowest BCUT2D eigenvalue weighted by Crippen LogP contribution is -2.34. The Morgan fingerprint density at radius 1 is 1.24 bits per heavy atom. The van der Waals surface area contributed by atoms with Crippen molar-refractivity contribution in [2.45, 2.75) is 40.2 Å². The molecular formula is C17H28N2O2. The zero-order chi connectivity index (χ0) is 15.9. The maximum absolute atomic E-state index is 12.5. The largest absolute Gasteiger partial charge is 0.399 e. The Kier molecular flexibility index (Phi) is 6.69. The van der Waals surface area contributed by atoms with E-state index in [1.165, 1.54) is 0 Å². The number of benzene rings is 1. The second kappa shape index (κ2) is 8.03. The van der Waals surface area contributed by atoms with Crippen molar-refractivity contribution < 1.29 is 9.53 Å². The Morgan fingerprint density at radius 3 is 2.38 bits per heavy atom. The van der Waals surface area contributed by atoms with Crippen LogP contribution in [0.25, 0.3) is 0 Å². The van der Waals surface area contributed by atoms with E-state index >= 15 is 0 Å². The first kappa shape index (κ1) is 17.5. The first-order valence-corrected chi connectivity index (χ1v) is 7.43. The lowest BCUT2D eigenvalue weighted by atomic mass is 9.91. The van der Waals surface area contributed by atoms with E-state index in [-0.39, 0.29) is 11.3 Å². The second-order valence-electron chi connectivity index (χ2n) is 6.64. The predicted molar refractivity (Wildman–Crippen MR) is 86.8 cm³/mol. The van der Waals surface area contributed by atoms with E-state index in [1.807, 2.05) is 29.2 Å². The molecule has 0 unspecified atom stereocenters. The molecule has 1 aromatic carbocycles. The molecule has 4 heteroatoms. The zero-order valence-corrected chi connectivity index (χ0v) is 13.7. The lowest BCUT2D eigenvalue weighted by Gasteiger charge is -2.27. The van der Waals surface area contributed by atoms with Gasteiger partial charge in [-0.3, -0.25) is 4.79 Å². The van der Waals surface area contributed by atoms with E-state index in [0.29, 0.717) is 26.1 Å². The fourth-order valence-electron chi connectivity index (χ4n) is 2.10. The zero-order valence-electron chi connectivity index (χ0n) is 13.7. The first-order chi connectivity index (χ1) is 9.81. The van der Waals surface area contributed by atoms with Crippen LogP contribution in [0.5, 0.6) is 0 Å². The number of methoxy groups -OCH3 is 1.